The van der Waals surface area contributed by atoms with Gasteiger partial charge >= 0.3 is 11.9 Å². The van der Waals surface area contributed by atoms with Crippen molar-refractivity contribution in [2.24, 2.45) is 0 Å². The first-order chi connectivity index (χ1) is 38.5. The van der Waals surface area contributed by atoms with Crippen molar-refractivity contribution >= 4 is 19.8 Å². The van der Waals surface area contributed by atoms with E-state index in [0.29, 0.717) is 17.4 Å². The van der Waals surface area contributed by atoms with Gasteiger partial charge in [0, 0.05) is 12.8 Å². The van der Waals surface area contributed by atoms with Crippen molar-refractivity contribution in [3.8, 4) is 0 Å². The first kappa shape index (κ1) is 75.4. The van der Waals surface area contributed by atoms with E-state index in [1.54, 1.807) is 0 Å². The molecule has 0 rings (SSSR count). The molecule has 2 unspecified atom stereocenters. The molecule has 0 radical (unpaired) electrons. The summed E-state index contributed by atoms with van der Waals surface area (Å²) in [5, 5.41) is 0. The number of esters is 2. The maximum atomic E-state index is 12.8. The van der Waals surface area contributed by atoms with Crippen molar-refractivity contribution in [1.29, 1.82) is 0 Å². The van der Waals surface area contributed by atoms with Crippen molar-refractivity contribution in [3.05, 3.63) is 122 Å². The van der Waals surface area contributed by atoms with Gasteiger partial charge in [-0.3, -0.25) is 14.2 Å². The predicted molar refractivity (Wildman–Crippen MR) is 337 cm³/mol. The molecule has 0 aromatic carbocycles. The number of hydrogen-bond acceptors (Lipinski definition) is 8. The highest BCUT2D eigenvalue weighted by Crippen LogP contribution is 2.38. The third-order valence-electron chi connectivity index (χ3n) is 13.2. The van der Waals surface area contributed by atoms with Crippen LogP contribution in [-0.4, -0.2) is 70.0 Å². The summed E-state index contributed by atoms with van der Waals surface area (Å²) in [4.78, 5) is 37.8. The summed E-state index contributed by atoms with van der Waals surface area (Å²) in [6, 6.07) is 0. The summed E-state index contributed by atoms with van der Waals surface area (Å²) >= 11 is 0. The molecule has 0 saturated carbocycles. The van der Waals surface area contributed by atoms with Gasteiger partial charge in [0.15, 0.2) is 6.10 Å². The topological polar surface area (TPSA) is 111 Å². The highest BCUT2D eigenvalue weighted by molar-refractivity contribution is 7.45. The van der Waals surface area contributed by atoms with Crippen molar-refractivity contribution in [2.45, 2.75) is 258 Å². The van der Waals surface area contributed by atoms with Crippen LogP contribution in [0, 0.1) is 0 Å². The number of allylic oxidation sites excluding steroid dienone is 20. The molecule has 79 heavy (non-hydrogen) atoms. The molecule has 0 heterocycles. The first-order valence-electron chi connectivity index (χ1n) is 31.7. The van der Waals surface area contributed by atoms with Crippen LogP contribution >= 0.6 is 7.82 Å². The Morgan fingerprint density at radius 2 is 0.722 bits per heavy atom. The van der Waals surface area contributed by atoms with E-state index in [9.17, 15) is 19.0 Å². The number of rotatable bonds is 57. The minimum absolute atomic E-state index is 0.0362. The number of unbranched alkanes of at least 4 members (excludes halogenated alkanes) is 23. The quantitative estimate of drug-likeness (QED) is 0.0195. The molecule has 0 amide bonds. The number of nitrogens with zero attached hydrogens (tertiary/aromatic N) is 1. The minimum atomic E-state index is -4.64. The number of ether oxygens (including phenoxy) is 2. The lowest BCUT2D eigenvalue weighted by Gasteiger charge is -2.28. The molecule has 0 bridgehead atoms. The fraction of sp³-hybridized carbons (Fsp3) is 0.681. The number of carbonyl (C=O) groups is 2. The van der Waals surface area contributed by atoms with Gasteiger partial charge in [-0.05, 0) is 109 Å². The number of phosphoric acid groups is 1. The van der Waals surface area contributed by atoms with Crippen LogP contribution in [0.2, 0.25) is 0 Å². The fourth-order valence-corrected chi connectivity index (χ4v) is 9.08. The Morgan fingerprint density at radius 1 is 0.405 bits per heavy atom. The monoisotopic (exact) mass is 1120 g/mol. The fourth-order valence-electron chi connectivity index (χ4n) is 8.35. The smallest absolute Gasteiger partial charge is 0.306 e. The van der Waals surface area contributed by atoms with E-state index in [-0.39, 0.29) is 26.1 Å². The van der Waals surface area contributed by atoms with Gasteiger partial charge in [-0.15, -0.1) is 0 Å². The van der Waals surface area contributed by atoms with E-state index < -0.39 is 32.5 Å². The van der Waals surface area contributed by atoms with Crippen LogP contribution in [0.25, 0.3) is 0 Å². The van der Waals surface area contributed by atoms with Crippen molar-refractivity contribution in [1.82, 2.24) is 0 Å². The normalized spacial score (nSPS) is 14.1. The maximum absolute atomic E-state index is 12.8. The number of quaternary nitrogens is 1. The summed E-state index contributed by atoms with van der Waals surface area (Å²) in [5.41, 5.74) is 0. The number of likely N-dealkylation sites (N-methyl/N-ethyl adjacent to an activating group) is 1. The molecule has 9 nitrogen and oxygen atoms in total. The molecule has 0 aliphatic carbocycles. The van der Waals surface area contributed by atoms with E-state index in [0.717, 1.165) is 116 Å². The van der Waals surface area contributed by atoms with Gasteiger partial charge in [0.1, 0.15) is 19.8 Å². The van der Waals surface area contributed by atoms with Gasteiger partial charge in [0.2, 0.25) is 0 Å². The van der Waals surface area contributed by atoms with Gasteiger partial charge in [-0.1, -0.05) is 251 Å². The Kier molecular flexibility index (Phi) is 56.4. The number of hydrogen-bond donors (Lipinski definition) is 0. The van der Waals surface area contributed by atoms with Crippen molar-refractivity contribution < 1.29 is 42.1 Å². The van der Waals surface area contributed by atoms with E-state index >= 15 is 0 Å². The van der Waals surface area contributed by atoms with Gasteiger partial charge in [0.05, 0.1) is 27.7 Å². The predicted octanol–water partition coefficient (Wildman–Crippen LogP) is 19.7. The lowest BCUT2D eigenvalue weighted by Crippen LogP contribution is -2.37. The highest BCUT2D eigenvalue weighted by Gasteiger charge is 2.22. The highest BCUT2D eigenvalue weighted by atomic mass is 31.2. The van der Waals surface area contributed by atoms with Crippen molar-refractivity contribution in [3.63, 3.8) is 0 Å². The molecule has 0 N–H and O–H groups in total. The average Bonchev–Trinajstić information content (AvgIpc) is 3.41. The molecular formula is C69H118NO8P. The van der Waals surface area contributed by atoms with Crippen LogP contribution in [0.15, 0.2) is 122 Å². The Balaban J connectivity index is 4.03. The van der Waals surface area contributed by atoms with Crippen LogP contribution in [-0.2, 0) is 32.7 Å². The molecule has 0 fully saturated rings. The zero-order valence-electron chi connectivity index (χ0n) is 51.3. The van der Waals surface area contributed by atoms with Crippen LogP contribution in [0.3, 0.4) is 0 Å². The van der Waals surface area contributed by atoms with Crippen LogP contribution in [0.4, 0.5) is 0 Å². The Bertz CT molecular complexity index is 1750. The summed E-state index contributed by atoms with van der Waals surface area (Å²) in [7, 11) is 1.15. The molecular weight excluding hydrogens is 1000 g/mol. The van der Waals surface area contributed by atoms with E-state index in [4.69, 9.17) is 18.5 Å². The molecule has 0 aromatic heterocycles. The lowest BCUT2D eigenvalue weighted by molar-refractivity contribution is -0.870. The minimum Gasteiger partial charge on any atom is -0.756 e. The molecule has 2 atom stereocenters. The number of carbonyl (C=O) groups excluding carboxylic acids is 2. The molecule has 452 valence electrons. The standard InChI is InChI=1S/C69H118NO8P/c1-6-8-10-12-14-16-18-20-22-23-24-25-26-27-28-29-30-31-32-33-34-35-36-37-38-39-40-41-42-43-44-45-46-47-48-50-52-54-56-58-60-62-69(72)78-67(66-77-79(73,74)76-64-63-70(3,4)5)65-75-68(71)61-59-57-55-53-51-49-21-19-17-15-13-11-9-7-2/h8,10,14,16,19-22,24-25,27-28,30-31,33-34,36-37,39-40,67H,6-7,9,11-13,15,17-18,23,26,29,32,35,38,41-66H2,1-5H3/b10-8-,16-14-,21-19-,22-20-,25-24-,28-27-,31-30-,34-33-,37-36-,40-39-. The third-order valence-corrected chi connectivity index (χ3v) is 14.2. The summed E-state index contributed by atoms with van der Waals surface area (Å²) in [5.74, 6) is -0.846. The second kappa shape index (κ2) is 59.0. The SMILES string of the molecule is CC/C=C\C/C=C\C/C=C\C/C=C\C/C=C\C/C=C\C/C=C\C/C=C\C/C=C\CCCCCCCCCCCCCCCC(=O)OC(COC(=O)CCCCCCC/C=C\CCCCCCC)COP(=O)([O-])OCC[N+](C)(C)C. The maximum Gasteiger partial charge on any atom is 0.306 e. The Morgan fingerprint density at radius 3 is 1.09 bits per heavy atom. The molecule has 0 aliphatic rings. The second-order valence-corrected chi connectivity index (χ2v) is 23.4. The first-order valence-corrected chi connectivity index (χ1v) is 33.2. The Hall–Kier alpha value is -3.59. The van der Waals surface area contributed by atoms with Crippen LogP contribution in [0.5, 0.6) is 0 Å². The van der Waals surface area contributed by atoms with Crippen LogP contribution in [0.1, 0.15) is 251 Å². The zero-order valence-corrected chi connectivity index (χ0v) is 52.2. The number of phosphoric ester groups is 1. The van der Waals surface area contributed by atoms with Gasteiger partial charge < -0.3 is 27.9 Å². The molecule has 0 spiro atoms. The van der Waals surface area contributed by atoms with E-state index in [1.165, 1.54) is 103 Å². The molecule has 10 heteroatoms. The summed E-state index contributed by atoms with van der Waals surface area (Å²) in [6.07, 6.45) is 84.1. The summed E-state index contributed by atoms with van der Waals surface area (Å²) in [6.45, 7) is 4.10. The lowest BCUT2D eigenvalue weighted by atomic mass is 10.0. The zero-order chi connectivity index (χ0) is 57.7. The molecule has 0 aromatic rings. The summed E-state index contributed by atoms with van der Waals surface area (Å²) < 4.78 is 34.1. The van der Waals surface area contributed by atoms with Crippen molar-refractivity contribution in [2.75, 3.05) is 47.5 Å². The second-order valence-electron chi connectivity index (χ2n) is 22.0. The van der Waals surface area contributed by atoms with E-state index in [2.05, 4.69) is 135 Å². The van der Waals surface area contributed by atoms with Gasteiger partial charge in [-0.25, -0.2) is 0 Å². The average molecular weight is 1120 g/mol. The van der Waals surface area contributed by atoms with Gasteiger partial charge in [-0.2, -0.15) is 0 Å². The van der Waals surface area contributed by atoms with E-state index in [1.807, 2.05) is 21.1 Å². The van der Waals surface area contributed by atoms with Crippen LogP contribution < -0.4 is 4.89 Å². The molecule has 0 saturated heterocycles. The Labute approximate surface area is 486 Å². The largest absolute Gasteiger partial charge is 0.756 e. The third kappa shape index (κ3) is 63.5. The molecule has 0 aliphatic heterocycles. The van der Waals surface area contributed by atoms with Gasteiger partial charge in [0.25, 0.3) is 7.82 Å².